The second-order valence-electron chi connectivity index (χ2n) is 3.19. The van der Waals surface area contributed by atoms with Crippen molar-refractivity contribution in [2.45, 2.75) is 19.4 Å². The Labute approximate surface area is 94.2 Å². The summed E-state index contributed by atoms with van der Waals surface area (Å²) < 4.78 is 4.64. The first-order chi connectivity index (χ1) is 7.22. The van der Waals surface area contributed by atoms with Crippen LogP contribution in [0.3, 0.4) is 0 Å². The molecule has 1 aromatic carbocycles. The predicted octanol–water partition coefficient (Wildman–Crippen LogP) is 1.58. The van der Waals surface area contributed by atoms with E-state index >= 15 is 0 Å². The minimum atomic E-state index is 0.319. The maximum atomic E-state index is 9.97. The zero-order valence-electron chi connectivity index (χ0n) is 8.31. The summed E-state index contributed by atoms with van der Waals surface area (Å²) in [6.07, 6.45) is 1.57. The summed E-state index contributed by atoms with van der Waals surface area (Å²) in [7, 11) is 0. The van der Waals surface area contributed by atoms with Gasteiger partial charge in [0.1, 0.15) is 6.61 Å². The van der Waals surface area contributed by atoms with Gasteiger partial charge in [0.15, 0.2) is 0 Å². The number of carbonyl (C=O) groups is 1. The Morgan fingerprint density at radius 2 is 1.93 bits per heavy atom. The highest BCUT2D eigenvalue weighted by Gasteiger charge is 1.96. The van der Waals surface area contributed by atoms with Crippen molar-refractivity contribution in [1.29, 1.82) is 0 Å². The van der Waals surface area contributed by atoms with Crippen LogP contribution in [0.1, 0.15) is 17.5 Å². The summed E-state index contributed by atoms with van der Waals surface area (Å²) >= 11 is 4.80. The van der Waals surface area contributed by atoms with Crippen LogP contribution in [0.15, 0.2) is 24.3 Å². The molecule has 0 heterocycles. The van der Waals surface area contributed by atoms with E-state index in [9.17, 15) is 4.79 Å². The van der Waals surface area contributed by atoms with E-state index < -0.39 is 0 Å². The smallest absolute Gasteiger partial charge is 0.293 e. The van der Waals surface area contributed by atoms with Crippen LogP contribution in [0, 0.1) is 0 Å². The molecule has 0 aliphatic carbocycles. The Bertz CT molecular complexity index is 335. The lowest BCUT2D eigenvalue weighted by Crippen LogP contribution is -2.08. The van der Waals surface area contributed by atoms with Crippen molar-refractivity contribution in [3.63, 3.8) is 0 Å². The summed E-state index contributed by atoms with van der Waals surface area (Å²) in [5.41, 5.74) is 7.56. The second-order valence-corrected chi connectivity index (χ2v) is 3.71. The monoisotopic (exact) mass is 223 g/mol. The van der Waals surface area contributed by atoms with Gasteiger partial charge >= 0.3 is 0 Å². The number of thiocarbonyl (C=S) groups is 1. The molecule has 1 rings (SSSR count). The second kappa shape index (κ2) is 6.14. The largest absolute Gasteiger partial charge is 0.463 e. The highest BCUT2D eigenvalue weighted by Crippen LogP contribution is 2.07. The number of rotatable bonds is 6. The van der Waals surface area contributed by atoms with Gasteiger partial charge in [-0.1, -0.05) is 36.5 Å². The topological polar surface area (TPSA) is 52.3 Å². The molecule has 0 saturated carbocycles. The molecule has 0 fully saturated rings. The summed E-state index contributed by atoms with van der Waals surface area (Å²) in [6, 6.07) is 7.83. The van der Waals surface area contributed by atoms with Gasteiger partial charge in [0.25, 0.3) is 6.47 Å². The zero-order valence-corrected chi connectivity index (χ0v) is 9.13. The average Bonchev–Trinajstić information content (AvgIpc) is 2.25. The number of benzene rings is 1. The van der Waals surface area contributed by atoms with E-state index in [2.05, 4.69) is 4.74 Å². The summed E-state index contributed by atoms with van der Waals surface area (Å²) in [5, 5.41) is 0. The highest BCUT2D eigenvalue weighted by atomic mass is 32.1. The van der Waals surface area contributed by atoms with E-state index in [-0.39, 0.29) is 0 Å². The van der Waals surface area contributed by atoms with Crippen LogP contribution in [0.4, 0.5) is 0 Å². The van der Waals surface area contributed by atoms with Gasteiger partial charge in [-0.05, 0) is 17.5 Å². The molecular weight excluding hydrogens is 210 g/mol. The lowest BCUT2D eigenvalue weighted by molar-refractivity contribution is -0.129. The summed E-state index contributed by atoms with van der Waals surface area (Å²) in [6.45, 7) is 0.764. The standard InChI is InChI=1S/C11H13NO2S/c12-11(15)6-5-9-1-3-10(4-2-9)7-14-8-13/h1-4,8H,5-7H2,(H2,12,15). The lowest BCUT2D eigenvalue weighted by Gasteiger charge is -2.02. The molecule has 0 atom stereocenters. The van der Waals surface area contributed by atoms with Crippen LogP contribution in [-0.4, -0.2) is 11.5 Å². The molecule has 1 aromatic rings. The molecule has 0 aliphatic heterocycles. The quantitative estimate of drug-likeness (QED) is 0.587. The van der Waals surface area contributed by atoms with E-state index in [1.807, 2.05) is 24.3 Å². The molecular formula is C11H13NO2S. The maximum absolute atomic E-state index is 9.97. The predicted molar refractivity (Wildman–Crippen MR) is 62.4 cm³/mol. The van der Waals surface area contributed by atoms with E-state index in [1.54, 1.807) is 0 Å². The van der Waals surface area contributed by atoms with Crippen LogP contribution in [0.25, 0.3) is 0 Å². The SMILES string of the molecule is NC(=S)CCc1ccc(COC=O)cc1. The number of carbonyl (C=O) groups excluding carboxylic acids is 1. The molecule has 0 aromatic heterocycles. The third kappa shape index (κ3) is 4.56. The van der Waals surface area contributed by atoms with Crippen molar-refractivity contribution in [1.82, 2.24) is 0 Å². The summed E-state index contributed by atoms with van der Waals surface area (Å²) in [5.74, 6) is 0. The van der Waals surface area contributed by atoms with Gasteiger partial charge in [-0.2, -0.15) is 0 Å². The Morgan fingerprint density at radius 3 is 2.47 bits per heavy atom. The van der Waals surface area contributed by atoms with E-state index in [0.29, 0.717) is 18.1 Å². The number of hydrogen-bond donors (Lipinski definition) is 1. The van der Waals surface area contributed by atoms with Crippen molar-refractivity contribution in [3.8, 4) is 0 Å². The first-order valence-corrected chi connectivity index (χ1v) is 5.04. The van der Waals surface area contributed by atoms with Crippen molar-refractivity contribution in [2.75, 3.05) is 0 Å². The van der Waals surface area contributed by atoms with Crippen molar-refractivity contribution in [2.24, 2.45) is 5.73 Å². The number of ether oxygens (including phenoxy) is 1. The first kappa shape index (κ1) is 11.7. The molecule has 0 saturated heterocycles. The fourth-order valence-electron chi connectivity index (χ4n) is 1.20. The maximum Gasteiger partial charge on any atom is 0.293 e. The van der Waals surface area contributed by atoms with Gasteiger partial charge in [0, 0.05) is 6.42 Å². The molecule has 15 heavy (non-hydrogen) atoms. The molecule has 80 valence electrons. The third-order valence-corrected chi connectivity index (χ3v) is 2.21. The van der Waals surface area contributed by atoms with Gasteiger partial charge < -0.3 is 10.5 Å². The Morgan fingerprint density at radius 1 is 1.33 bits per heavy atom. The molecule has 3 nitrogen and oxygen atoms in total. The minimum Gasteiger partial charge on any atom is -0.463 e. The van der Waals surface area contributed by atoms with Gasteiger partial charge in [-0.25, -0.2) is 0 Å². The minimum absolute atomic E-state index is 0.319. The van der Waals surface area contributed by atoms with Gasteiger partial charge in [0.05, 0.1) is 4.99 Å². The Balaban J connectivity index is 2.48. The molecule has 0 unspecified atom stereocenters. The van der Waals surface area contributed by atoms with Gasteiger partial charge in [0.2, 0.25) is 0 Å². The Kier molecular flexibility index (Phi) is 4.77. The molecule has 0 aliphatic rings. The van der Waals surface area contributed by atoms with Crippen LogP contribution < -0.4 is 5.73 Å². The van der Waals surface area contributed by atoms with Crippen LogP contribution in [0.5, 0.6) is 0 Å². The molecule has 0 bridgehead atoms. The Hall–Kier alpha value is -1.42. The van der Waals surface area contributed by atoms with Crippen molar-refractivity contribution in [3.05, 3.63) is 35.4 Å². The van der Waals surface area contributed by atoms with Crippen molar-refractivity contribution < 1.29 is 9.53 Å². The first-order valence-electron chi connectivity index (χ1n) is 4.63. The number of aryl methyl sites for hydroxylation is 1. The van der Waals surface area contributed by atoms with Crippen molar-refractivity contribution >= 4 is 23.7 Å². The number of nitrogens with two attached hydrogens (primary N) is 1. The fourth-order valence-corrected chi connectivity index (χ4v) is 1.30. The van der Waals surface area contributed by atoms with E-state index in [1.165, 1.54) is 5.56 Å². The average molecular weight is 223 g/mol. The highest BCUT2D eigenvalue weighted by molar-refractivity contribution is 7.80. The van der Waals surface area contributed by atoms with E-state index in [0.717, 1.165) is 18.4 Å². The van der Waals surface area contributed by atoms with Crippen LogP contribution >= 0.6 is 12.2 Å². The fraction of sp³-hybridized carbons (Fsp3) is 0.273. The normalized spacial score (nSPS) is 9.60. The van der Waals surface area contributed by atoms with Gasteiger partial charge in [-0.3, -0.25) is 4.79 Å². The summed E-state index contributed by atoms with van der Waals surface area (Å²) in [4.78, 5) is 10.5. The zero-order chi connectivity index (χ0) is 11.1. The van der Waals surface area contributed by atoms with Crippen LogP contribution in [0.2, 0.25) is 0 Å². The van der Waals surface area contributed by atoms with Gasteiger partial charge in [-0.15, -0.1) is 0 Å². The van der Waals surface area contributed by atoms with E-state index in [4.69, 9.17) is 18.0 Å². The molecule has 2 N–H and O–H groups in total. The molecule has 0 spiro atoms. The molecule has 0 amide bonds. The lowest BCUT2D eigenvalue weighted by atomic mass is 10.1. The molecule has 4 heteroatoms. The number of hydrogen-bond acceptors (Lipinski definition) is 3. The molecule has 0 radical (unpaired) electrons. The van der Waals surface area contributed by atoms with Crippen LogP contribution in [-0.2, 0) is 22.6 Å². The third-order valence-electron chi connectivity index (χ3n) is 2.00.